The molecule has 4 nitrogen and oxygen atoms in total. The van der Waals surface area contributed by atoms with Crippen LogP contribution >= 0.6 is 0 Å². The minimum Gasteiger partial charge on any atom is -0.537 e. The SMILES string of the molecule is CC/C(=C(/O[Si](C)(C)C(C)(C)C)C(=O)O)N(C)C. The molecule has 0 saturated carbocycles. The summed E-state index contributed by atoms with van der Waals surface area (Å²) in [5.74, 6) is -0.875. The van der Waals surface area contributed by atoms with Crippen molar-refractivity contribution in [2.24, 2.45) is 0 Å². The van der Waals surface area contributed by atoms with E-state index in [-0.39, 0.29) is 10.8 Å². The molecule has 0 heterocycles. The molecule has 0 aliphatic heterocycles. The number of allylic oxidation sites excluding steroid dienone is 1. The van der Waals surface area contributed by atoms with E-state index in [0.29, 0.717) is 6.42 Å². The van der Waals surface area contributed by atoms with E-state index in [1.807, 2.05) is 25.9 Å². The number of rotatable bonds is 5. The van der Waals surface area contributed by atoms with E-state index in [9.17, 15) is 9.90 Å². The van der Waals surface area contributed by atoms with E-state index in [1.165, 1.54) is 0 Å². The molecule has 0 aromatic carbocycles. The van der Waals surface area contributed by atoms with E-state index in [2.05, 4.69) is 33.9 Å². The molecule has 0 bridgehead atoms. The lowest BCUT2D eigenvalue weighted by atomic mass is 10.2. The van der Waals surface area contributed by atoms with Gasteiger partial charge in [-0.25, -0.2) is 4.79 Å². The third kappa shape index (κ3) is 4.05. The molecule has 0 saturated heterocycles. The Kier molecular flexibility index (Phi) is 5.47. The van der Waals surface area contributed by atoms with Gasteiger partial charge in [0.1, 0.15) is 0 Å². The van der Waals surface area contributed by atoms with Gasteiger partial charge in [-0.3, -0.25) is 0 Å². The summed E-state index contributed by atoms with van der Waals surface area (Å²) in [5.41, 5.74) is 0.729. The average Bonchev–Trinajstić information content (AvgIpc) is 2.14. The lowest BCUT2D eigenvalue weighted by Crippen LogP contribution is -2.42. The number of nitrogens with zero attached hydrogens (tertiary/aromatic N) is 1. The molecule has 0 rings (SSSR count). The predicted octanol–water partition coefficient (Wildman–Crippen LogP) is 3.28. The molecule has 0 aliphatic carbocycles. The Hall–Kier alpha value is -0.973. The molecule has 106 valence electrons. The molecule has 0 unspecified atom stereocenters. The van der Waals surface area contributed by atoms with Gasteiger partial charge in [0.25, 0.3) is 8.32 Å². The highest BCUT2D eigenvalue weighted by Gasteiger charge is 2.41. The van der Waals surface area contributed by atoms with Crippen LogP contribution in [0.25, 0.3) is 0 Å². The van der Waals surface area contributed by atoms with Crippen molar-refractivity contribution in [2.75, 3.05) is 14.1 Å². The third-order valence-corrected chi connectivity index (χ3v) is 7.82. The van der Waals surface area contributed by atoms with E-state index >= 15 is 0 Å². The van der Waals surface area contributed by atoms with Crippen molar-refractivity contribution in [1.29, 1.82) is 0 Å². The number of carboxylic acid groups (broad SMARTS) is 1. The van der Waals surface area contributed by atoms with Crippen LogP contribution < -0.4 is 0 Å². The van der Waals surface area contributed by atoms with Crippen molar-refractivity contribution < 1.29 is 14.3 Å². The average molecular weight is 273 g/mol. The molecular formula is C13H27NO3Si. The second-order valence-corrected chi connectivity index (χ2v) is 10.9. The fraction of sp³-hybridized carbons (Fsp3) is 0.769. The number of carboxylic acids is 1. The summed E-state index contributed by atoms with van der Waals surface area (Å²) in [6, 6.07) is 0. The summed E-state index contributed by atoms with van der Waals surface area (Å²) in [6.45, 7) is 12.3. The first-order chi connectivity index (χ1) is 7.94. The van der Waals surface area contributed by atoms with Gasteiger partial charge in [-0.2, -0.15) is 0 Å². The summed E-state index contributed by atoms with van der Waals surface area (Å²) < 4.78 is 5.96. The highest BCUT2D eigenvalue weighted by molar-refractivity contribution is 6.74. The number of carbonyl (C=O) groups is 1. The summed E-state index contributed by atoms with van der Waals surface area (Å²) in [4.78, 5) is 13.2. The number of hydrogen-bond acceptors (Lipinski definition) is 3. The molecule has 0 fully saturated rings. The first kappa shape index (κ1) is 17.0. The van der Waals surface area contributed by atoms with Crippen LogP contribution in [0.1, 0.15) is 34.1 Å². The van der Waals surface area contributed by atoms with Gasteiger partial charge in [-0.15, -0.1) is 0 Å². The van der Waals surface area contributed by atoms with Gasteiger partial charge < -0.3 is 14.4 Å². The molecule has 18 heavy (non-hydrogen) atoms. The van der Waals surface area contributed by atoms with Crippen molar-refractivity contribution in [3.63, 3.8) is 0 Å². The first-order valence-corrected chi connectivity index (χ1v) is 9.17. The van der Waals surface area contributed by atoms with Gasteiger partial charge in [-0.05, 0) is 24.6 Å². The van der Waals surface area contributed by atoms with Crippen molar-refractivity contribution in [3.05, 3.63) is 11.5 Å². The standard InChI is InChI=1S/C13H27NO3Si/c1-9-10(14(5)6)11(12(15)16)17-18(7,8)13(2,3)4/h9H2,1-8H3,(H,15,16)/b11-10-. The van der Waals surface area contributed by atoms with Crippen LogP contribution in [-0.4, -0.2) is 38.4 Å². The fourth-order valence-electron chi connectivity index (χ4n) is 1.31. The highest BCUT2D eigenvalue weighted by Crippen LogP contribution is 2.38. The van der Waals surface area contributed by atoms with Crippen molar-refractivity contribution in [3.8, 4) is 0 Å². The van der Waals surface area contributed by atoms with Crippen LogP contribution in [-0.2, 0) is 9.22 Å². The molecule has 0 aliphatic rings. The van der Waals surface area contributed by atoms with Gasteiger partial charge >= 0.3 is 5.97 Å². The van der Waals surface area contributed by atoms with Gasteiger partial charge in [-0.1, -0.05) is 27.7 Å². The first-order valence-electron chi connectivity index (χ1n) is 6.26. The maximum Gasteiger partial charge on any atom is 0.371 e. The third-order valence-electron chi connectivity index (χ3n) is 3.49. The summed E-state index contributed by atoms with van der Waals surface area (Å²) in [6.07, 6.45) is 0.642. The Morgan fingerprint density at radius 2 is 1.72 bits per heavy atom. The Morgan fingerprint density at radius 3 is 1.94 bits per heavy atom. The van der Waals surface area contributed by atoms with Crippen LogP contribution in [0.2, 0.25) is 18.1 Å². The van der Waals surface area contributed by atoms with Crippen molar-refractivity contribution in [1.82, 2.24) is 4.90 Å². The van der Waals surface area contributed by atoms with Gasteiger partial charge in [0.2, 0.25) is 5.76 Å². The van der Waals surface area contributed by atoms with Crippen LogP contribution in [0.5, 0.6) is 0 Å². The second kappa shape index (κ2) is 5.78. The topological polar surface area (TPSA) is 49.8 Å². The highest BCUT2D eigenvalue weighted by atomic mass is 28.4. The predicted molar refractivity (Wildman–Crippen MR) is 76.9 cm³/mol. The number of hydrogen-bond donors (Lipinski definition) is 1. The smallest absolute Gasteiger partial charge is 0.371 e. The molecule has 0 atom stereocenters. The van der Waals surface area contributed by atoms with Gasteiger partial charge in [0.05, 0.1) is 5.70 Å². The Labute approximate surface area is 112 Å². The van der Waals surface area contributed by atoms with Crippen LogP contribution in [0.4, 0.5) is 0 Å². The zero-order valence-electron chi connectivity index (χ0n) is 12.9. The zero-order chi connectivity index (χ0) is 14.7. The maximum absolute atomic E-state index is 11.4. The van der Waals surface area contributed by atoms with Crippen molar-refractivity contribution >= 4 is 14.3 Å². The Morgan fingerprint density at radius 1 is 1.28 bits per heavy atom. The molecule has 0 spiro atoms. The quantitative estimate of drug-likeness (QED) is 0.474. The molecule has 5 heteroatoms. The van der Waals surface area contributed by atoms with Crippen LogP contribution in [0.3, 0.4) is 0 Å². The van der Waals surface area contributed by atoms with Crippen molar-refractivity contribution in [2.45, 2.75) is 52.2 Å². The molecule has 0 aromatic rings. The molecular weight excluding hydrogens is 246 g/mol. The van der Waals surface area contributed by atoms with E-state index in [4.69, 9.17) is 4.43 Å². The largest absolute Gasteiger partial charge is 0.537 e. The summed E-state index contributed by atoms with van der Waals surface area (Å²) in [7, 11) is 1.57. The molecule has 1 N–H and O–H groups in total. The molecule has 0 amide bonds. The molecule has 0 aromatic heterocycles. The Balaban J connectivity index is 5.50. The normalized spacial score (nSPS) is 14.0. The van der Waals surface area contributed by atoms with Gasteiger partial charge in [0, 0.05) is 14.1 Å². The minimum absolute atomic E-state index is 0.0150. The van der Waals surface area contributed by atoms with Crippen LogP contribution in [0, 0.1) is 0 Å². The Bertz CT molecular complexity index is 341. The maximum atomic E-state index is 11.4. The zero-order valence-corrected chi connectivity index (χ0v) is 13.9. The minimum atomic E-state index is -2.12. The number of aliphatic carboxylic acids is 1. The molecule has 0 radical (unpaired) electrons. The second-order valence-electron chi connectivity index (χ2n) is 6.19. The van der Waals surface area contributed by atoms with E-state index in [0.717, 1.165) is 5.70 Å². The lowest BCUT2D eigenvalue weighted by molar-refractivity contribution is -0.135. The summed E-state index contributed by atoms with van der Waals surface area (Å²) in [5, 5.41) is 9.35. The van der Waals surface area contributed by atoms with E-state index < -0.39 is 14.3 Å². The van der Waals surface area contributed by atoms with E-state index in [1.54, 1.807) is 0 Å². The summed E-state index contributed by atoms with van der Waals surface area (Å²) >= 11 is 0. The van der Waals surface area contributed by atoms with Gasteiger partial charge in [0.15, 0.2) is 0 Å². The monoisotopic (exact) mass is 273 g/mol. The van der Waals surface area contributed by atoms with Crippen LogP contribution in [0.15, 0.2) is 11.5 Å². The fourth-order valence-corrected chi connectivity index (χ4v) is 2.34. The lowest BCUT2D eigenvalue weighted by Gasteiger charge is -2.37.